The van der Waals surface area contributed by atoms with Gasteiger partial charge < -0.3 is 14.2 Å². The molecule has 2 fully saturated rings. The maximum atomic E-state index is 12.4. The summed E-state index contributed by atoms with van der Waals surface area (Å²) >= 11 is 6.31. The van der Waals surface area contributed by atoms with Crippen molar-refractivity contribution in [1.82, 2.24) is 4.90 Å². The summed E-state index contributed by atoms with van der Waals surface area (Å²) in [7, 11) is 1.48. The van der Waals surface area contributed by atoms with Gasteiger partial charge in [0.25, 0.3) is 0 Å². The first-order valence-corrected chi connectivity index (χ1v) is 9.40. The fourth-order valence-corrected chi connectivity index (χ4v) is 4.98. The first-order chi connectivity index (χ1) is 12.2. The maximum Gasteiger partial charge on any atom is 0.323 e. The van der Waals surface area contributed by atoms with E-state index in [9.17, 15) is 4.79 Å². The summed E-state index contributed by atoms with van der Waals surface area (Å²) in [4.78, 5) is 14.7. The van der Waals surface area contributed by atoms with Gasteiger partial charge in [-0.2, -0.15) is 0 Å². The van der Waals surface area contributed by atoms with Crippen LogP contribution in [0.15, 0.2) is 12.1 Å². The van der Waals surface area contributed by atoms with Gasteiger partial charge in [-0.25, -0.2) is 0 Å². The van der Waals surface area contributed by atoms with Crippen LogP contribution in [0.25, 0.3) is 0 Å². The Labute approximate surface area is 153 Å². The van der Waals surface area contributed by atoms with Gasteiger partial charge in [-0.1, -0.05) is 24.4 Å². The van der Waals surface area contributed by atoms with Crippen LogP contribution in [0.4, 0.5) is 0 Å². The number of benzene rings is 1. The average molecular weight is 366 g/mol. The predicted octanol–water partition coefficient (Wildman–Crippen LogP) is 3.51. The summed E-state index contributed by atoms with van der Waals surface area (Å²) in [6, 6.07) is 4.11. The molecule has 2 aliphatic heterocycles. The van der Waals surface area contributed by atoms with Crippen LogP contribution >= 0.6 is 11.6 Å². The van der Waals surface area contributed by atoms with Gasteiger partial charge in [0.05, 0.1) is 13.7 Å². The van der Waals surface area contributed by atoms with Crippen LogP contribution in [0.2, 0.25) is 5.02 Å². The molecule has 6 heteroatoms. The van der Waals surface area contributed by atoms with Gasteiger partial charge in [-0.15, -0.1) is 0 Å². The smallest absolute Gasteiger partial charge is 0.323 e. The Balaban J connectivity index is 1.65. The van der Waals surface area contributed by atoms with Crippen molar-refractivity contribution >= 4 is 17.6 Å². The number of nitrogens with zero attached hydrogens (tertiary/aromatic N) is 1. The lowest BCUT2D eigenvalue weighted by Gasteiger charge is -2.34. The molecule has 2 heterocycles. The molecule has 3 atom stereocenters. The normalized spacial score (nSPS) is 28.8. The fraction of sp³-hybridized carbons (Fsp3) is 0.632. The Hall–Kier alpha value is -1.30. The van der Waals surface area contributed by atoms with Crippen molar-refractivity contribution in [1.29, 1.82) is 0 Å². The first kappa shape index (κ1) is 17.1. The van der Waals surface area contributed by atoms with Crippen LogP contribution < -0.4 is 4.74 Å². The van der Waals surface area contributed by atoms with E-state index in [-0.39, 0.29) is 18.8 Å². The van der Waals surface area contributed by atoms with E-state index in [1.165, 1.54) is 26.4 Å². The van der Waals surface area contributed by atoms with Gasteiger partial charge in [0, 0.05) is 28.7 Å². The van der Waals surface area contributed by atoms with E-state index < -0.39 is 0 Å². The second kappa shape index (κ2) is 7.14. The van der Waals surface area contributed by atoms with Gasteiger partial charge in [0.15, 0.2) is 6.79 Å². The van der Waals surface area contributed by atoms with Gasteiger partial charge in [0.1, 0.15) is 11.8 Å². The van der Waals surface area contributed by atoms with Gasteiger partial charge in [0.2, 0.25) is 0 Å². The van der Waals surface area contributed by atoms with Gasteiger partial charge in [-0.05, 0) is 37.3 Å². The Bertz CT molecular complexity index is 665. The molecule has 1 saturated carbocycles. The number of likely N-dealkylation sites (tertiary alicyclic amines) is 1. The van der Waals surface area contributed by atoms with Crippen molar-refractivity contribution in [2.45, 2.75) is 57.3 Å². The quantitative estimate of drug-likeness (QED) is 0.767. The summed E-state index contributed by atoms with van der Waals surface area (Å²) < 4.78 is 16.2. The predicted molar refractivity (Wildman–Crippen MR) is 93.4 cm³/mol. The second-order valence-electron chi connectivity index (χ2n) is 7.22. The number of esters is 1. The number of carbonyl (C=O) groups is 1. The van der Waals surface area contributed by atoms with Crippen LogP contribution in [0, 0.1) is 5.92 Å². The number of rotatable bonds is 3. The molecule has 1 aliphatic carbocycles. The van der Waals surface area contributed by atoms with E-state index in [4.69, 9.17) is 25.8 Å². The topological polar surface area (TPSA) is 48.0 Å². The fourth-order valence-electron chi connectivity index (χ4n) is 4.72. The van der Waals surface area contributed by atoms with E-state index in [0.29, 0.717) is 30.1 Å². The van der Waals surface area contributed by atoms with Gasteiger partial charge in [-0.3, -0.25) is 9.69 Å². The highest BCUT2D eigenvalue weighted by Crippen LogP contribution is 2.42. The van der Waals surface area contributed by atoms with E-state index in [0.717, 1.165) is 29.7 Å². The van der Waals surface area contributed by atoms with Crippen LogP contribution in [-0.2, 0) is 27.4 Å². The van der Waals surface area contributed by atoms with Crippen molar-refractivity contribution in [2.24, 2.45) is 5.92 Å². The molecule has 3 aliphatic rings. The molecule has 0 bridgehead atoms. The Morgan fingerprint density at radius 1 is 1.36 bits per heavy atom. The van der Waals surface area contributed by atoms with Crippen LogP contribution in [0.1, 0.15) is 43.2 Å². The summed E-state index contributed by atoms with van der Waals surface area (Å²) in [5, 5.41) is 0.678. The largest absolute Gasteiger partial charge is 0.468 e. The van der Waals surface area contributed by atoms with Crippen molar-refractivity contribution in [3.05, 3.63) is 28.3 Å². The molecule has 25 heavy (non-hydrogen) atoms. The highest BCUT2D eigenvalue weighted by Gasteiger charge is 2.45. The maximum absolute atomic E-state index is 12.4. The average Bonchev–Trinajstić information content (AvgIpc) is 2.99. The van der Waals surface area contributed by atoms with Crippen molar-refractivity contribution in [2.75, 3.05) is 13.9 Å². The molecule has 0 aromatic heterocycles. The molecular formula is C19H24ClNO4. The number of halogens is 1. The third-order valence-corrected chi connectivity index (χ3v) is 6.02. The van der Waals surface area contributed by atoms with E-state index in [1.54, 1.807) is 0 Å². The molecule has 0 spiro atoms. The van der Waals surface area contributed by atoms with E-state index in [2.05, 4.69) is 4.90 Å². The monoisotopic (exact) mass is 365 g/mol. The molecule has 1 aromatic rings. The third kappa shape index (κ3) is 3.25. The Morgan fingerprint density at radius 2 is 2.20 bits per heavy atom. The summed E-state index contributed by atoms with van der Waals surface area (Å²) in [6.07, 6.45) is 5.72. The molecular weight excluding hydrogens is 342 g/mol. The number of carbonyl (C=O) groups excluding carboxylic acids is 1. The number of hydrogen-bond acceptors (Lipinski definition) is 5. The van der Waals surface area contributed by atoms with E-state index >= 15 is 0 Å². The second-order valence-corrected chi connectivity index (χ2v) is 7.66. The number of hydrogen-bond donors (Lipinski definition) is 0. The molecule has 0 unspecified atom stereocenters. The zero-order valence-electron chi connectivity index (χ0n) is 14.5. The molecule has 5 nitrogen and oxygen atoms in total. The molecule has 1 aromatic carbocycles. The standard InChI is InChI=1S/C19H24ClNO4/c1-23-19(22)17-8-12-4-2-3-5-16(12)21(17)9-13-6-15(20)7-14-10-24-11-25-18(13)14/h6-7,12,16-17H,2-5,8-11H2,1H3/t12-,16-,17-/m0/s1. The number of methoxy groups -OCH3 is 1. The summed E-state index contributed by atoms with van der Waals surface area (Å²) in [5.41, 5.74) is 2.01. The minimum absolute atomic E-state index is 0.130. The summed E-state index contributed by atoms with van der Waals surface area (Å²) in [5.74, 6) is 1.31. The summed E-state index contributed by atoms with van der Waals surface area (Å²) in [6.45, 7) is 1.42. The Kier molecular flexibility index (Phi) is 4.89. The third-order valence-electron chi connectivity index (χ3n) is 5.80. The SMILES string of the molecule is COC(=O)[C@@H]1C[C@@H]2CCCC[C@@H]2N1Cc1cc(Cl)cc2c1OCOC2. The van der Waals surface area contributed by atoms with Crippen molar-refractivity contribution < 1.29 is 19.0 Å². The molecule has 0 radical (unpaired) electrons. The zero-order valence-corrected chi connectivity index (χ0v) is 15.3. The lowest BCUT2D eigenvalue weighted by molar-refractivity contribution is -0.146. The Morgan fingerprint density at radius 3 is 3.04 bits per heavy atom. The van der Waals surface area contributed by atoms with Crippen molar-refractivity contribution in [3.63, 3.8) is 0 Å². The lowest BCUT2D eigenvalue weighted by Crippen LogP contribution is -2.42. The zero-order chi connectivity index (χ0) is 17.4. The highest BCUT2D eigenvalue weighted by atomic mass is 35.5. The highest BCUT2D eigenvalue weighted by molar-refractivity contribution is 6.30. The van der Waals surface area contributed by atoms with Gasteiger partial charge >= 0.3 is 5.97 Å². The number of fused-ring (bicyclic) bond motifs is 2. The lowest BCUT2D eigenvalue weighted by atomic mass is 9.84. The molecule has 1 saturated heterocycles. The van der Waals surface area contributed by atoms with Crippen molar-refractivity contribution in [3.8, 4) is 5.75 Å². The first-order valence-electron chi connectivity index (χ1n) is 9.03. The van der Waals surface area contributed by atoms with Crippen LogP contribution in [0.3, 0.4) is 0 Å². The molecule has 0 N–H and O–H groups in total. The van der Waals surface area contributed by atoms with Crippen LogP contribution in [-0.4, -0.2) is 36.9 Å². The van der Waals surface area contributed by atoms with E-state index in [1.807, 2.05) is 12.1 Å². The minimum atomic E-state index is -0.174. The number of ether oxygens (including phenoxy) is 3. The molecule has 136 valence electrons. The molecule has 0 amide bonds. The minimum Gasteiger partial charge on any atom is -0.468 e. The molecule has 4 rings (SSSR count). The van der Waals surface area contributed by atoms with Crippen LogP contribution in [0.5, 0.6) is 5.75 Å².